The molecule has 8 nitrogen and oxygen atoms in total. The summed E-state index contributed by atoms with van der Waals surface area (Å²) < 4.78 is 11.4. The van der Waals surface area contributed by atoms with Crippen LogP contribution in [0.15, 0.2) is 53.6 Å². The van der Waals surface area contributed by atoms with Gasteiger partial charge >= 0.3 is 0 Å². The van der Waals surface area contributed by atoms with Crippen LogP contribution in [0.3, 0.4) is 0 Å². The number of nitrogens with zero attached hydrogens (tertiary/aromatic N) is 2. The second-order valence-corrected chi connectivity index (χ2v) is 7.38. The molecule has 0 radical (unpaired) electrons. The van der Waals surface area contributed by atoms with Gasteiger partial charge in [-0.2, -0.15) is 5.10 Å². The van der Waals surface area contributed by atoms with Crippen molar-refractivity contribution in [2.24, 2.45) is 5.10 Å². The van der Waals surface area contributed by atoms with Crippen LogP contribution in [0.4, 0.5) is 5.69 Å². The van der Waals surface area contributed by atoms with Gasteiger partial charge in [-0.3, -0.25) is 9.59 Å². The number of ether oxygens (including phenoxy) is 2. The molecule has 1 aliphatic heterocycles. The first kappa shape index (κ1) is 23.1. The molecule has 3 rings (SSSR count). The molecule has 0 atom stereocenters. The minimum absolute atomic E-state index is 0.00962. The van der Waals surface area contributed by atoms with E-state index in [2.05, 4.69) is 15.8 Å². The van der Waals surface area contributed by atoms with Crippen molar-refractivity contribution in [2.45, 2.75) is 26.2 Å². The number of carbonyl (C=O) groups is 2. The average molecular weight is 439 g/mol. The molecule has 32 heavy (non-hydrogen) atoms. The monoisotopic (exact) mass is 438 g/mol. The smallest absolute Gasteiger partial charge is 0.260 e. The van der Waals surface area contributed by atoms with Crippen LogP contribution in [0.25, 0.3) is 0 Å². The van der Waals surface area contributed by atoms with E-state index in [4.69, 9.17) is 9.47 Å². The lowest BCUT2D eigenvalue weighted by molar-refractivity contribution is -0.134. The second kappa shape index (κ2) is 12.3. The van der Waals surface area contributed by atoms with Gasteiger partial charge in [0.1, 0.15) is 0 Å². The number of benzene rings is 2. The molecular weight excluding hydrogens is 408 g/mol. The number of carbonyl (C=O) groups excluding carboxylic acids is 2. The van der Waals surface area contributed by atoms with Crippen LogP contribution in [0.5, 0.6) is 11.5 Å². The maximum absolute atomic E-state index is 12.4. The number of amides is 2. The summed E-state index contributed by atoms with van der Waals surface area (Å²) in [5.41, 5.74) is 4.09. The van der Waals surface area contributed by atoms with Gasteiger partial charge < -0.3 is 19.7 Å². The summed E-state index contributed by atoms with van der Waals surface area (Å²) in [6.07, 6.45) is 4.80. The number of likely N-dealkylation sites (tertiary alicyclic amines) is 1. The van der Waals surface area contributed by atoms with Gasteiger partial charge in [-0.05, 0) is 62.1 Å². The van der Waals surface area contributed by atoms with Crippen molar-refractivity contribution in [1.82, 2.24) is 10.3 Å². The van der Waals surface area contributed by atoms with Crippen LogP contribution in [-0.2, 0) is 9.59 Å². The highest BCUT2D eigenvalue weighted by Gasteiger charge is 2.17. The second-order valence-electron chi connectivity index (χ2n) is 7.38. The molecule has 0 aromatic heterocycles. The highest BCUT2D eigenvalue weighted by Crippen LogP contribution is 2.28. The Morgan fingerprint density at radius 2 is 1.81 bits per heavy atom. The molecule has 0 saturated carbocycles. The Balaban J connectivity index is 1.51. The maximum Gasteiger partial charge on any atom is 0.260 e. The van der Waals surface area contributed by atoms with Crippen LogP contribution in [-0.4, -0.2) is 55.8 Å². The number of rotatable bonds is 10. The van der Waals surface area contributed by atoms with Crippen molar-refractivity contribution in [3.63, 3.8) is 0 Å². The summed E-state index contributed by atoms with van der Waals surface area (Å²) in [7, 11) is 0. The van der Waals surface area contributed by atoms with Crippen LogP contribution >= 0.6 is 0 Å². The molecule has 8 heteroatoms. The molecule has 1 heterocycles. The summed E-state index contributed by atoms with van der Waals surface area (Å²) in [4.78, 5) is 26.1. The topological polar surface area (TPSA) is 92.3 Å². The Morgan fingerprint density at radius 1 is 1.03 bits per heavy atom. The van der Waals surface area contributed by atoms with E-state index in [9.17, 15) is 9.59 Å². The van der Waals surface area contributed by atoms with Crippen molar-refractivity contribution in [1.29, 1.82) is 0 Å². The first-order valence-electron chi connectivity index (χ1n) is 10.9. The van der Waals surface area contributed by atoms with Crippen molar-refractivity contribution >= 4 is 23.7 Å². The van der Waals surface area contributed by atoms with E-state index in [-0.39, 0.29) is 25.0 Å². The van der Waals surface area contributed by atoms with Gasteiger partial charge in [0, 0.05) is 18.8 Å². The Hall–Kier alpha value is -3.55. The molecule has 1 fully saturated rings. The van der Waals surface area contributed by atoms with E-state index in [0.29, 0.717) is 18.1 Å². The van der Waals surface area contributed by atoms with Crippen molar-refractivity contribution in [2.75, 3.05) is 38.2 Å². The standard InChI is InChI=1S/C24H30N4O4/c1-2-31-22-15-19(16-26-27-23(29)17-25-20-9-5-3-6-10-20)11-12-21(22)32-18-24(30)28-13-7-4-8-14-28/h3,5-6,9-12,15-16,25H,2,4,7-8,13-14,17-18H2,1H3,(H,27,29)/b26-16+. The zero-order valence-corrected chi connectivity index (χ0v) is 18.4. The lowest BCUT2D eigenvalue weighted by atomic mass is 10.1. The van der Waals surface area contributed by atoms with Gasteiger partial charge in [-0.15, -0.1) is 0 Å². The molecule has 170 valence electrons. The molecule has 2 amide bonds. The number of piperidine rings is 1. The SMILES string of the molecule is CCOc1cc(/C=N/NC(=O)CNc2ccccc2)ccc1OCC(=O)N1CCCCC1. The molecule has 0 spiro atoms. The fourth-order valence-electron chi connectivity index (χ4n) is 3.32. The first-order valence-corrected chi connectivity index (χ1v) is 10.9. The fourth-order valence-corrected chi connectivity index (χ4v) is 3.32. The zero-order valence-electron chi connectivity index (χ0n) is 18.4. The van der Waals surface area contributed by atoms with Gasteiger partial charge in [0.2, 0.25) is 0 Å². The number of hydrogen-bond donors (Lipinski definition) is 2. The van der Waals surface area contributed by atoms with Crippen molar-refractivity contribution < 1.29 is 19.1 Å². The molecule has 0 unspecified atom stereocenters. The van der Waals surface area contributed by atoms with Crippen LogP contribution < -0.4 is 20.2 Å². The molecule has 2 aromatic rings. The first-order chi connectivity index (χ1) is 15.7. The molecule has 1 saturated heterocycles. The predicted molar refractivity (Wildman–Crippen MR) is 124 cm³/mol. The molecule has 0 bridgehead atoms. The third-order valence-electron chi connectivity index (χ3n) is 4.96. The Bertz CT molecular complexity index is 911. The summed E-state index contributed by atoms with van der Waals surface area (Å²) in [6.45, 7) is 4.02. The van der Waals surface area contributed by atoms with Gasteiger partial charge in [-0.1, -0.05) is 18.2 Å². The van der Waals surface area contributed by atoms with E-state index in [0.717, 1.165) is 37.2 Å². The summed E-state index contributed by atoms with van der Waals surface area (Å²) in [6, 6.07) is 14.8. The largest absolute Gasteiger partial charge is 0.490 e. The van der Waals surface area contributed by atoms with E-state index in [1.54, 1.807) is 18.2 Å². The number of hydrogen-bond acceptors (Lipinski definition) is 6. The predicted octanol–water partition coefficient (Wildman–Crippen LogP) is 3.04. The van der Waals surface area contributed by atoms with Crippen LogP contribution in [0.2, 0.25) is 0 Å². The number of para-hydroxylation sites is 1. The summed E-state index contributed by atoms with van der Waals surface area (Å²) >= 11 is 0. The minimum Gasteiger partial charge on any atom is -0.490 e. The van der Waals surface area contributed by atoms with E-state index >= 15 is 0 Å². The molecule has 1 aliphatic rings. The number of nitrogens with one attached hydrogen (secondary N) is 2. The summed E-state index contributed by atoms with van der Waals surface area (Å²) in [5, 5.41) is 7.02. The highest BCUT2D eigenvalue weighted by atomic mass is 16.5. The van der Waals surface area contributed by atoms with Gasteiger partial charge in [0.05, 0.1) is 19.4 Å². The van der Waals surface area contributed by atoms with Crippen LogP contribution in [0.1, 0.15) is 31.7 Å². The molecular formula is C24H30N4O4. The average Bonchev–Trinajstić information content (AvgIpc) is 2.83. The van der Waals surface area contributed by atoms with Gasteiger partial charge in [0.25, 0.3) is 11.8 Å². The number of hydrazone groups is 1. The molecule has 2 aromatic carbocycles. The van der Waals surface area contributed by atoms with Crippen molar-refractivity contribution in [3.8, 4) is 11.5 Å². The maximum atomic E-state index is 12.4. The molecule has 0 aliphatic carbocycles. The quantitative estimate of drug-likeness (QED) is 0.439. The van der Waals surface area contributed by atoms with Crippen LogP contribution in [0, 0.1) is 0 Å². The third-order valence-corrected chi connectivity index (χ3v) is 4.96. The lowest BCUT2D eigenvalue weighted by Gasteiger charge is -2.26. The summed E-state index contributed by atoms with van der Waals surface area (Å²) in [5.74, 6) is 0.765. The minimum atomic E-state index is -0.258. The van der Waals surface area contributed by atoms with Gasteiger partial charge in [0.15, 0.2) is 18.1 Å². The number of anilines is 1. The highest BCUT2D eigenvalue weighted by molar-refractivity contribution is 5.85. The van der Waals surface area contributed by atoms with E-state index in [1.807, 2.05) is 42.2 Å². The normalized spacial score (nSPS) is 13.6. The molecule has 2 N–H and O–H groups in total. The Labute approximate surface area is 188 Å². The van der Waals surface area contributed by atoms with E-state index in [1.165, 1.54) is 12.6 Å². The Morgan fingerprint density at radius 3 is 2.56 bits per heavy atom. The van der Waals surface area contributed by atoms with Gasteiger partial charge in [-0.25, -0.2) is 5.43 Å². The van der Waals surface area contributed by atoms with Crippen molar-refractivity contribution in [3.05, 3.63) is 54.1 Å². The third kappa shape index (κ3) is 7.30. The van der Waals surface area contributed by atoms with E-state index < -0.39 is 0 Å². The fraction of sp³-hybridized carbons (Fsp3) is 0.375. The Kier molecular flexibility index (Phi) is 8.92. The zero-order chi connectivity index (χ0) is 22.6. The lowest BCUT2D eigenvalue weighted by Crippen LogP contribution is -2.38.